The number of unbranched alkanes of at least 4 members (excludes halogenated alkanes) is 2. The van der Waals surface area contributed by atoms with Crippen LogP contribution in [0, 0.1) is 0 Å². The summed E-state index contributed by atoms with van der Waals surface area (Å²) in [4.78, 5) is 63.6. The Hall–Kier alpha value is -3.21. The molecule has 19 heteroatoms. The lowest BCUT2D eigenvalue weighted by atomic mass is 10.0. The minimum atomic E-state index is -1.72. The van der Waals surface area contributed by atoms with Crippen molar-refractivity contribution in [2.75, 3.05) is 131 Å². The van der Waals surface area contributed by atoms with Gasteiger partial charge in [0.25, 0.3) is 11.8 Å². The highest BCUT2D eigenvalue weighted by molar-refractivity contribution is 6.74. The summed E-state index contributed by atoms with van der Waals surface area (Å²) < 4.78 is 55.9. The second-order valence-electron chi connectivity index (χ2n) is 16.2. The number of anilines is 1. The quantitative estimate of drug-likeness (QED) is 0.0559. The number of ether oxygens (including phenoxy) is 9. The third kappa shape index (κ3) is 20.1. The maximum absolute atomic E-state index is 13.2. The molecular formula is C43H71N3O15Si. The van der Waals surface area contributed by atoms with Crippen LogP contribution < -0.4 is 10.6 Å². The second-order valence-corrected chi connectivity index (χ2v) is 21.0. The Balaban J connectivity index is 1.00. The van der Waals surface area contributed by atoms with Gasteiger partial charge in [-0.25, -0.2) is 0 Å². The summed E-state index contributed by atoms with van der Waals surface area (Å²) in [5.74, 6) is -2.71. The van der Waals surface area contributed by atoms with Crippen molar-refractivity contribution < 1.29 is 71.0 Å². The number of nitrogens with one attached hydrogen (secondary N) is 2. The molecule has 1 aromatic rings. The number of piperidine rings is 1. The minimum absolute atomic E-state index is 0.0283. The molecule has 2 aliphatic heterocycles. The number of fused-ring (bicyclic) bond motifs is 1. The molecule has 1 unspecified atom stereocenters. The first-order valence-corrected chi connectivity index (χ1v) is 24.7. The van der Waals surface area contributed by atoms with Crippen LogP contribution in [0.1, 0.15) is 80.0 Å². The first-order chi connectivity index (χ1) is 29.8. The lowest BCUT2D eigenvalue weighted by Gasteiger charge is -2.36. The smallest absolute Gasteiger partial charge is 0.264 e. The van der Waals surface area contributed by atoms with Gasteiger partial charge in [-0.05, 0) is 49.5 Å². The molecule has 0 radical (unpaired) electrons. The van der Waals surface area contributed by atoms with E-state index in [2.05, 4.69) is 44.5 Å². The Morgan fingerprint density at radius 3 is 1.55 bits per heavy atom. The molecule has 2 aliphatic rings. The second kappa shape index (κ2) is 30.0. The topological polar surface area (TPSA) is 205 Å². The zero-order valence-corrected chi connectivity index (χ0v) is 38.6. The number of carbonyl (C=O) groups is 5. The average Bonchev–Trinajstić information content (AvgIpc) is 3.48. The van der Waals surface area contributed by atoms with Crippen LogP contribution in [0.4, 0.5) is 5.69 Å². The van der Waals surface area contributed by atoms with Crippen molar-refractivity contribution in [3.8, 4) is 0 Å². The van der Waals surface area contributed by atoms with Gasteiger partial charge in [0.1, 0.15) is 6.04 Å². The van der Waals surface area contributed by atoms with Crippen molar-refractivity contribution in [2.45, 2.75) is 83.5 Å². The van der Waals surface area contributed by atoms with Crippen LogP contribution in [0.5, 0.6) is 0 Å². The molecule has 0 aliphatic carbocycles. The highest BCUT2D eigenvalue weighted by atomic mass is 28.4. The maximum atomic E-state index is 13.2. The fourth-order valence-corrected chi connectivity index (χ4v) is 6.96. The Kier molecular flexibility index (Phi) is 25.7. The van der Waals surface area contributed by atoms with Gasteiger partial charge in [-0.3, -0.25) is 34.2 Å². The van der Waals surface area contributed by atoms with Gasteiger partial charge in [-0.2, -0.15) is 0 Å². The molecule has 0 bridgehead atoms. The maximum Gasteiger partial charge on any atom is 0.264 e. The van der Waals surface area contributed by atoms with Crippen molar-refractivity contribution in [1.82, 2.24) is 10.2 Å². The van der Waals surface area contributed by atoms with Gasteiger partial charge in [0.05, 0.1) is 136 Å². The van der Waals surface area contributed by atoms with E-state index in [1.807, 2.05) is 0 Å². The fourth-order valence-electron chi connectivity index (χ4n) is 5.93. The highest BCUT2D eigenvalue weighted by Gasteiger charge is 2.45. The summed E-state index contributed by atoms with van der Waals surface area (Å²) >= 11 is 0. The lowest BCUT2D eigenvalue weighted by Crippen LogP contribution is -2.54. The van der Waals surface area contributed by atoms with E-state index in [1.165, 1.54) is 6.07 Å². The van der Waals surface area contributed by atoms with Crippen molar-refractivity contribution >= 4 is 43.5 Å². The molecule has 0 aromatic heterocycles. The molecule has 352 valence electrons. The molecule has 0 spiro atoms. The van der Waals surface area contributed by atoms with Crippen molar-refractivity contribution in [2.24, 2.45) is 0 Å². The first-order valence-electron chi connectivity index (χ1n) is 21.8. The summed E-state index contributed by atoms with van der Waals surface area (Å²) in [6, 6.07) is 3.53. The average molecular weight is 898 g/mol. The third-order valence-corrected chi connectivity index (χ3v) is 14.9. The zero-order chi connectivity index (χ0) is 45.1. The summed E-state index contributed by atoms with van der Waals surface area (Å²) in [6.07, 6.45) is 2.45. The van der Waals surface area contributed by atoms with Crippen LogP contribution in [-0.4, -0.2) is 174 Å². The van der Waals surface area contributed by atoms with Crippen molar-refractivity contribution in [1.29, 1.82) is 0 Å². The van der Waals surface area contributed by atoms with Crippen LogP contribution in [-0.2, 0) is 61.4 Å². The lowest BCUT2D eigenvalue weighted by molar-refractivity contribution is -0.136. The molecule has 3 rings (SSSR count). The number of hydrogen-bond acceptors (Lipinski definition) is 15. The van der Waals surface area contributed by atoms with E-state index in [0.717, 1.165) is 17.7 Å². The van der Waals surface area contributed by atoms with Gasteiger partial charge in [0.15, 0.2) is 8.32 Å². The van der Waals surface area contributed by atoms with Gasteiger partial charge < -0.3 is 52.4 Å². The van der Waals surface area contributed by atoms with E-state index in [0.29, 0.717) is 132 Å². The molecule has 1 aromatic carbocycles. The predicted molar refractivity (Wildman–Crippen MR) is 231 cm³/mol. The Morgan fingerprint density at radius 2 is 1.10 bits per heavy atom. The number of nitrogens with zero attached hydrogens (tertiary/aromatic N) is 1. The molecular weight excluding hydrogens is 827 g/mol. The van der Waals surface area contributed by atoms with Gasteiger partial charge >= 0.3 is 0 Å². The summed E-state index contributed by atoms with van der Waals surface area (Å²) in [6.45, 7) is 20.6. The Bertz CT molecular complexity index is 1510. The largest absolute Gasteiger partial charge is 0.414 e. The van der Waals surface area contributed by atoms with Crippen molar-refractivity contribution in [3.05, 3.63) is 29.3 Å². The van der Waals surface area contributed by atoms with Crippen LogP contribution in [0.15, 0.2) is 18.2 Å². The first kappa shape index (κ1) is 53.1. The standard InChI is InChI=1S/C43H71N3O15Si/c1-43(2,3)62(4,5)61-33-32-60-31-30-59-29-28-58-27-26-57-25-24-56-23-22-55-21-20-54-19-18-53-17-16-52-15-8-6-7-12-37(47)44-35-11-9-10-34-39(35)42(51)46(41(34)50)36-13-14-38(48)45-40(36)49/h9-11,36H,6-8,12-33H2,1-5H3,(H,44,47)(H,45,48,49). The van der Waals surface area contributed by atoms with Gasteiger partial charge in [0.2, 0.25) is 17.7 Å². The van der Waals surface area contributed by atoms with E-state index in [9.17, 15) is 24.0 Å². The van der Waals surface area contributed by atoms with Gasteiger partial charge in [-0.15, -0.1) is 0 Å². The molecule has 1 atom stereocenters. The van der Waals surface area contributed by atoms with Crippen LogP contribution in [0.3, 0.4) is 0 Å². The normalized spacial score (nSPS) is 15.7. The Morgan fingerprint density at radius 1 is 0.645 bits per heavy atom. The fraction of sp³-hybridized carbons (Fsp3) is 0.744. The van der Waals surface area contributed by atoms with E-state index >= 15 is 0 Å². The van der Waals surface area contributed by atoms with Crippen molar-refractivity contribution in [3.63, 3.8) is 0 Å². The minimum Gasteiger partial charge on any atom is -0.414 e. The van der Waals surface area contributed by atoms with Crippen LogP contribution in [0.2, 0.25) is 18.1 Å². The molecule has 5 amide bonds. The molecule has 0 saturated carbocycles. The molecule has 1 fully saturated rings. The molecule has 18 nitrogen and oxygen atoms in total. The van der Waals surface area contributed by atoms with Crippen LogP contribution in [0.25, 0.3) is 0 Å². The van der Waals surface area contributed by atoms with Crippen LogP contribution >= 0.6 is 0 Å². The summed E-state index contributed by atoms with van der Waals surface area (Å²) in [5.41, 5.74) is 0.384. The zero-order valence-electron chi connectivity index (χ0n) is 37.6. The van der Waals surface area contributed by atoms with E-state index in [-0.39, 0.29) is 47.0 Å². The van der Waals surface area contributed by atoms with Gasteiger partial charge in [-0.1, -0.05) is 33.3 Å². The molecule has 2 N–H and O–H groups in total. The highest BCUT2D eigenvalue weighted by Crippen LogP contribution is 2.36. The van der Waals surface area contributed by atoms with E-state index < -0.39 is 38.0 Å². The number of rotatable bonds is 36. The monoisotopic (exact) mass is 897 g/mol. The molecule has 62 heavy (non-hydrogen) atoms. The predicted octanol–water partition coefficient (Wildman–Crippen LogP) is 3.76. The number of imide groups is 2. The summed E-state index contributed by atoms with van der Waals surface area (Å²) in [5, 5.41) is 5.11. The number of carbonyl (C=O) groups excluding carboxylic acids is 5. The molecule has 2 heterocycles. The molecule has 1 saturated heterocycles. The Labute approximate surface area is 367 Å². The number of amides is 5. The number of benzene rings is 1. The van der Waals surface area contributed by atoms with E-state index in [1.54, 1.807) is 12.1 Å². The SMILES string of the molecule is CC(C)(C)[Si](C)(C)OCCOCCOCCOCCOCCOCCOCCOCCOCCOCCCCCC(=O)Nc1cccc2c1C(=O)N(C1CCC(=O)NC1=O)C2=O. The van der Waals surface area contributed by atoms with E-state index in [4.69, 9.17) is 47.1 Å². The summed E-state index contributed by atoms with van der Waals surface area (Å²) in [7, 11) is -1.72. The third-order valence-electron chi connectivity index (χ3n) is 10.4. The van der Waals surface area contributed by atoms with Gasteiger partial charge in [0, 0.05) is 19.4 Å². The number of hydrogen-bond donors (Lipinski definition) is 2.